The topological polar surface area (TPSA) is 26.3 Å². The molecular weight excluding hydrogens is 256 g/mol. The fourth-order valence-electron chi connectivity index (χ4n) is 1.17. The normalized spacial score (nSPS) is 10.5. The maximum Gasteiger partial charge on any atom is 0.330 e. The molecule has 0 aliphatic carbocycles. The quantitative estimate of drug-likeness (QED) is 0.477. The molecule has 0 saturated carbocycles. The van der Waals surface area contributed by atoms with Crippen molar-refractivity contribution >= 4 is 28.0 Å². The molecule has 80 valence electrons. The Hall–Kier alpha value is -1.09. The van der Waals surface area contributed by atoms with Crippen LogP contribution in [0.5, 0.6) is 0 Å². The lowest BCUT2D eigenvalue weighted by molar-refractivity contribution is -0.137. The van der Waals surface area contributed by atoms with Crippen LogP contribution >= 0.6 is 15.9 Å². The maximum absolute atomic E-state index is 11.1. The van der Waals surface area contributed by atoms with Crippen molar-refractivity contribution in [2.45, 2.75) is 12.3 Å². The fraction of sp³-hybridized carbons (Fsp3) is 0.250. The minimum absolute atomic E-state index is 0.304. The molecule has 0 bridgehead atoms. The molecule has 0 heterocycles. The Morgan fingerprint density at radius 3 is 2.87 bits per heavy atom. The van der Waals surface area contributed by atoms with Crippen LogP contribution in [0.3, 0.4) is 0 Å². The molecule has 2 nitrogen and oxygen atoms in total. The predicted octanol–water partition coefficient (Wildman–Crippen LogP) is 3.16. The van der Waals surface area contributed by atoms with E-state index in [-0.39, 0.29) is 5.97 Å². The van der Waals surface area contributed by atoms with Gasteiger partial charge in [0.05, 0.1) is 6.61 Å². The highest BCUT2D eigenvalue weighted by molar-refractivity contribution is 9.08. The van der Waals surface area contributed by atoms with Gasteiger partial charge in [-0.1, -0.05) is 40.2 Å². The van der Waals surface area contributed by atoms with Crippen LogP contribution in [0.25, 0.3) is 6.08 Å². The summed E-state index contributed by atoms with van der Waals surface area (Å²) < 4.78 is 4.80. The van der Waals surface area contributed by atoms with Gasteiger partial charge in [0, 0.05) is 11.4 Å². The number of esters is 1. The molecule has 3 heteroatoms. The molecule has 0 saturated heterocycles. The van der Waals surface area contributed by atoms with Crippen molar-refractivity contribution in [2.24, 2.45) is 0 Å². The van der Waals surface area contributed by atoms with E-state index in [0.717, 1.165) is 16.5 Å². The molecule has 15 heavy (non-hydrogen) atoms. The van der Waals surface area contributed by atoms with Crippen molar-refractivity contribution < 1.29 is 9.53 Å². The number of hydrogen-bond acceptors (Lipinski definition) is 2. The summed E-state index contributed by atoms with van der Waals surface area (Å²) >= 11 is 3.40. The van der Waals surface area contributed by atoms with Crippen LogP contribution in [-0.2, 0) is 14.9 Å². The number of halogens is 1. The van der Waals surface area contributed by atoms with Crippen molar-refractivity contribution in [1.29, 1.82) is 0 Å². The molecule has 1 aromatic rings. The van der Waals surface area contributed by atoms with Gasteiger partial charge in [0.2, 0.25) is 0 Å². The first-order chi connectivity index (χ1) is 7.27. The number of ether oxygens (including phenoxy) is 1. The number of carbonyl (C=O) groups is 1. The third-order valence-electron chi connectivity index (χ3n) is 1.88. The second-order valence-corrected chi connectivity index (χ2v) is 3.48. The third-order valence-corrected chi connectivity index (χ3v) is 2.49. The SMILES string of the molecule is CCOC(=O)C=Cc1ccccc1CBr. The molecule has 1 aromatic carbocycles. The Bertz CT molecular complexity index is 358. The van der Waals surface area contributed by atoms with Crippen molar-refractivity contribution in [1.82, 2.24) is 0 Å². The largest absolute Gasteiger partial charge is 0.463 e. The van der Waals surface area contributed by atoms with Crippen LogP contribution in [-0.4, -0.2) is 12.6 Å². The molecule has 1 rings (SSSR count). The fourth-order valence-corrected chi connectivity index (χ4v) is 1.68. The van der Waals surface area contributed by atoms with E-state index in [4.69, 9.17) is 4.74 Å². The molecule has 0 aromatic heterocycles. The van der Waals surface area contributed by atoms with E-state index < -0.39 is 0 Å². The summed E-state index contributed by atoms with van der Waals surface area (Å²) in [5.41, 5.74) is 2.18. The van der Waals surface area contributed by atoms with Crippen molar-refractivity contribution in [3.05, 3.63) is 41.5 Å². The molecule has 0 spiro atoms. The Morgan fingerprint density at radius 2 is 2.20 bits per heavy atom. The average Bonchev–Trinajstić information content (AvgIpc) is 2.27. The Balaban J connectivity index is 2.75. The van der Waals surface area contributed by atoms with Crippen LogP contribution in [0.4, 0.5) is 0 Å². The second-order valence-electron chi connectivity index (χ2n) is 2.92. The van der Waals surface area contributed by atoms with E-state index in [1.807, 2.05) is 24.3 Å². The molecule has 0 atom stereocenters. The van der Waals surface area contributed by atoms with E-state index in [0.29, 0.717) is 6.61 Å². The van der Waals surface area contributed by atoms with Crippen LogP contribution in [0.2, 0.25) is 0 Å². The van der Waals surface area contributed by atoms with Crippen LogP contribution in [0, 0.1) is 0 Å². The first-order valence-corrected chi connectivity index (χ1v) is 5.88. The maximum atomic E-state index is 11.1. The van der Waals surface area contributed by atoms with E-state index in [1.165, 1.54) is 6.08 Å². The molecule has 0 aliphatic heterocycles. The lowest BCUT2D eigenvalue weighted by atomic mass is 10.1. The lowest BCUT2D eigenvalue weighted by Gasteiger charge is -2.01. The van der Waals surface area contributed by atoms with Crippen molar-refractivity contribution in [2.75, 3.05) is 6.61 Å². The first kappa shape index (κ1) is 12.0. The van der Waals surface area contributed by atoms with Crippen LogP contribution < -0.4 is 0 Å². The Kier molecular flexibility index (Phi) is 5.12. The van der Waals surface area contributed by atoms with E-state index in [1.54, 1.807) is 13.0 Å². The van der Waals surface area contributed by atoms with Gasteiger partial charge in [-0.15, -0.1) is 0 Å². The molecule has 0 fully saturated rings. The van der Waals surface area contributed by atoms with Gasteiger partial charge < -0.3 is 4.74 Å². The van der Waals surface area contributed by atoms with Crippen LogP contribution in [0.15, 0.2) is 30.3 Å². The first-order valence-electron chi connectivity index (χ1n) is 4.76. The van der Waals surface area contributed by atoms with E-state index in [9.17, 15) is 4.79 Å². The molecule has 0 N–H and O–H groups in total. The predicted molar refractivity (Wildman–Crippen MR) is 64.7 cm³/mol. The summed E-state index contributed by atoms with van der Waals surface area (Å²) in [5.74, 6) is -0.304. The van der Waals surface area contributed by atoms with E-state index in [2.05, 4.69) is 15.9 Å². The zero-order chi connectivity index (χ0) is 11.1. The molecular formula is C12H13BrO2. The smallest absolute Gasteiger partial charge is 0.330 e. The van der Waals surface area contributed by atoms with Gasteiger partial charge in [-0.3, -0.25) is 0 Å². The van der Waals surface area contributed by atoms with Gasteiger partial charge >= 0.3 is 5.97 Å². The summed E-state index contributed by atoms with van der Waals surface area (Å²) in [7, 11) is 0. The Labute approximate surface area is 98.1 Å². The van der Waals surface area contributed by atoms with E-state index >= 15 is 0 Å². The lowest BCUT2D eigenvalue weighted by Crippen LogP contribution is -1.98. The number of hydrogen-bond donors (Lipinski definition) is 0. The second kappa shape index (κ2) is 6.40. The van der Waals surface area contributed by atoms with Gasteiger partial charge in [0.1, 0.15) is 0 Å². The standard InChI is InChI=1S/C12H13BrO2/c1-2-15-12(14)8-7-10-5-3-4-6-11(10)9-13/h3-8H,2,9H2,1H3. The summed E-state index contributed by atoms with van der Waals surface area (Å²) in [6.07, 6.45) is 3.22. The highest BCUT2D eigenvalue weighted by atomic mass is 79.9. The highest BCUT2D eigenvalue weighted by Crippen LogP contribution is 2.13. The minimum atomic E-state index is -0.304. The van der Waals surface area contributed by atoms with Gasteiger partial charge in [-0.25, -0.2) is 4.79 Å². The number of alkyl halides is 1. The van der Waals surface area contributed by atoms with Crippen molar-refractivity contribution in [3.63, 3.8) is 0 Å². The minimum Gasteiger partial charge on any atom is -0.463 e. The molecule has 0 unspecified atom stereocenters. The monoisotopic (exact) mass is 268 g/mol. The molecule has 0 aliphatic rings. The van der Waals surface area contributed by atoms with Gasteiger partial charge in [-0.2, -0.15) is 0 Å². The average molecular weight is 269 g/mol. The van der Waals surface area contributed by atoms with Crippen molar-refractivity contribution in [3.8, 4) is 0 Å². The van der Waals surface area contributed by atoms with Gasteiger partial charge in [0.25, 0.3) is 0 Å². The summed E-state index contributed by atoms with van der Waals surface area (Å²) in [4.78, 5) is 11.1. The Morgan fingerprint density at radius 1 is 1.47 bits per heavy atom. The summed E-state index contributed by atoms with van der Waals surface area (Å²) in [5, 5.41) is 0.774. The molecule has 0 amide bonds. The number of carbonyl (C=O) groups excluding carboxylic acids is 1. The summed E-state index contributed by atoms with van der Waals surface area (Å²) in [6.45, 7) is 2.20. The van der Waals surface area contributed by atoms with Gasteiger partial charge in [0.15, 0.2) is 0 Å². The zero-order valence-electron chi connectivity index (χ0n) is 8.57. The number of rotatable bonds is 4. The number of benzene rings is 1. The zero-order valence-corrected chi connectivity index (χ0v) is 10.2. The third kappa shape index (κ3) is 3.88. The van der Waals surface area contributed by atoms with Gasteiger partial charge in [-0.05, 0) is 24.1 Å². The highest BCUT2D eigenvalue weighted by Gasteiger charge is 1.98. The van der Waals surface area contributed by atoms with Crippen LogP contribution in [0.1, 0.15) is 18.1 Å². The summed E-state index contributed by atoms with van der Waals surface area (Å²) in [6, 6.07) is 7.89. The molecule has 0 radical (unpaired) electrons.